The van der Waals surface area contributed by atoms with Crippen LogP contribution in [0.5, 0.6) is 0 Å². The van der Waals surface area contributed by atoms with Crippen LogP contribution in [0, 0.1) is 0 Å². The van der Waals surface area contributed by atoms with Gasteiger partial charge in [-0.15, -0.1) is 0 Å². The van der Waals surface area contributed by atoms with E-state index in [1.807, 2.05) is 0 Å². The first kappa shape index (κ1) is 21.4. The second-order valence-corrected chi connectivity index (χ2v) is 5.71. The van der Waals surface area contributed by atoms with Crippen molar-refractivity contribution in [2.24, 2.45) is 0 Å². The van der Waals surface area contributed by atoms with E-state index in [1.165, 1.54) is 0 Å². The topological polar surface area (TPSA) is 94.8 Å². The van der Waals surface area contributed by atoms with Crippen LogP contribution >= 0.6 is 0 Å². The number of carboxylic acids is 2. The molecule has 0 aliphatic heterocycles. The van der Waals surface area contributed by atoms with E-state index >= 15 is 0 Å². The Hall–Kier alpha value is -1.62. The number of aliphatic hydroxyl groups is 1. The lowest BCUT2D eigenvalue weighted by Gasteiger charge is -2.06. The van der Waals surface area contributed by atoms with E-state index in [0.29, 0.717) is 6.42 Å². The molecule has 0 rings (SSSR count). The van der Waals surface area contributed by atoms with Gasteiger partial charge in [0.15, 0.2) is 0 Å². The van der Waals surface area contributed by atoms with Gasteiger partial charge in [-0.05, 0) is 44.9 Å². The van der Waals surface area contributed by atoms with Gasteiger partial charge in [-0.2, -0.15) is 0 Å². The monoisotopic (exact) mass is 326 g/mol. The van der Waals surface area contributed by atoms with Gasteiger partial charge in [-0.1, -0.05) is 37.1 Å². The van der Waals surface area contributed by atoms with Crippen molar-refractivity contribution < 1.29 is 24.9 Å². The summed E-state index contributed by atoms with van der Waals surface area (Å²) in [5.74, 6) is -1.68. The molecule has 1 atom stereocenters. The van der Waals surface area contributed by atoms with Crippen molar-refractivity contribution in [1.29, 1.82) is 0 Å². The molecule has 0 bridgehead atoms. The summed E-state index contributed by atoms with van der Waals surface area (Å²) in [6.07, 6.45) is 15.8. The Morgan fingerprint density at radius 3 is 1.96 bits per heavy atom. The van der Waals surface area contributed by atoms with Gasteiger partial charge in [0.05, 0.1) is 12.5 Å². The van der Waals surface area contributed by atoms with E-state index in [-0.39, 0.29) is 12.8 Å². The number of carbonyl (C=O) groups is 2. The van der Waals surface area contributed by atoms with Crippen molar-refractivity contribution >= 4 is 11.9 Å². The van der Waals surface area contributed by atoms with Gasteiger partial charge in [-0.25, -0.2) is 0 Å². The molecule has 0 aromatic rings. The molecule has 23 heavy (non-hydrogen) atoms. The average molecular weight is 326 g/mol. The zero-order valence-electron chi connectivity index (χ0n) is 13.8. The first-order valence-electron chi connectivity index (χ1n) is 8.44. The van der Waals surface area contributed by atoms with Crippen LogP contribution < -0.4 is 0 Å². The number of unbranched alkanes of at least 4 members (excludes halogenated alkanes) is 5. The van der Waals surface area contributed by atoms with Crippen LogP contribution in [0.3, 0.4) is 0 Å². The minimum absolute atomic E-state index is 0.164. The minimum atomic E-state index is -0.949. The second kappa shape index (κ2) is 15.3. The number of hydrogen-bond acceptors (Lipinski definition) is 3. The summed E-state index contributed by atoms with van der Waals surface area (Å²) < 4.78 is 0. The van der Waals surface area contributed by atoms with Crippen LogP contribution in [-0.2, 0) is 9.59 Å². The minimum Gasteiger partial charge on any atom is -0.481 e. The lowest BCUT2D eigenvalue weighted by Crippen LogP contribution is -2.12. The van der Waals surface area contributed by atoms with Gasteiger partial charge in [0.1, 0.15) is 0 Å². The fourth-order valence-corrected chi connectivity index (χ4v) is 2.17. The molecular weight excluding hydrogens is 296 g/mol. The molecule has 0 aromatic heterocycles. The first-order valence-corrected chi connectivity index (χ1v) is 8.44. The highest BCUT2D eigenvalue weighted by Crippen LogP contribution is 2.09. The Bertz CT molecular complexity index is 374. The van der Waals surface area contributed by atoms with Crippen LogP contribution in [0.1, 0.15) is 70.6 Å². The molecule has 0 aliphatic carbocycles. The van der Waals surface area contributed by atoms with Crippen LogP contribution in [0.4, 0.5) is 0 Å². The Morgan fingerprint density at radius 1 is 0.783 bits per heavy atom. The smallest absolute Gasteiger partial charge is 0.305 e. The molecule has 1 unspecified atom stereocenters. The van der Waals surface area contributed by atoms with E-state index in [1.54, 1.807) is 0 Å². The number of aliphatic hydroxyl groups excluding tert-OH is 1. The van der Waals surface area contributed by atoms with E-state index in [2.05, 4.69) is 24.3 Å². The number of carboxylic acid groups (broad SMARTS) is 2. The summed E-state index contributed by atoms with van der Waals surface area (Å²) in [6.45, 7) is 0. The van der Waals surface area contributed by atoms with Gasteiger partial charge in [0.25, 0.3) is 0 Å². The summed E-state index contributed by atoms with van der Waals surface area (Å²) in [5, 5.41) is 26.4. The largest absolute Gasteiger partial charge is 0.481 e. The van der Waals surface area contributed by atoms with Crippen molar-refractivity contribution in [3.8, 4) is 0 Å². The first-order chi connectivity index (χ1) is 11.0. The Balaban J connectivity index is 3.34. The molecule has 0 amide bonds. The quantitative estimate of drug-likeness (QED) is 0.313. The predicted molar refractivity (Wildman–Crippen MR) is 90.3 cm³/mol. The maximum atomic E-state index is 10.4. The predicted octanol–water partition coefficient (Wildman–Crippen LogP) is 3.92. The third-order valence-electron chi connectivity index (χ3n) is 3.44. The van der Waals surface area contributed by atoms with Gasteiger partial charge < -0.3 is 15.3 Å². The van der Waals surface area contributed by atoms with Gasteiger partial charge in [0, 0.05) is 6.42 Å². The molecular formula is C18H30O5. The molecule has 132 valence electrons. The molecule has 0 spiro atoms. The summed E-state index contributed by atoms with van der Waals surface area (Å²) in [6, 6.07) is 0. The molecule has 0 saturated heterocycles. The molecule has 5 heteroatoms. The van der Waals surface area contributed by atoms with Gasteiger partial charge in [-0.3, -0.25) is 9.59 Å². The van der Waals surface area contributed by atoms with Gasteiger partial charge in [0.2, 0.25) is 0 Å². The Labute approximate surface area is 138 Å². The molecule has 0 heterocycles. The molecule has 0 aliphatic rings. The second-order valence-electron chi connectivity index (χ2n) is 5.71. The van der Waals surface area contributed by atoms with Gasteiger partial charge >= 0.3 is 11.9 Å². The maximum absolute atomic E-state index is 10.4. The molecule has 0 radical (unpaired) electrons. The molecule has 0 saturated carbocycles. The normalized spacial score (nSPS) is 12.9. The third-order valence-corrected chi connectivity index (χ3v) is 3.44. The fourth-order valence-electron chi connectivity index (χ4n) is 2.17. The Morgan fingerprint density at radius 2 is 1.39 bits per heavy atom. The van der Waals surface area contributed by atoms with Crippen LogP contribution in [0.2, 0.25) is 0 Å². The number of aliphatic carboxylic acids is 2. The van der Waals surface area contributed by atoms with Crippen LogP contribution in [0.15, 0.2) is 24.3 Å². The fraction of sp³-hybridized carbons (Fsp3) is 0.667. The zero-order valence-corrected chi connectivity index (χ0v) is 13.8. The summed E-state index contributed by atoms with van der Waals surface area (Å²) in [5.41, 5.74) is 0. The zero-order chi connectivity index (χ0) is 17.3. The molecule has 0 aromatic carbocycles. The third kappa shape index (κ3) is 18.3. The van der Waals surface area contributed by atoms with Crippen molar-refractivity contribution in [1.82, 2.24) is 0 Å². The number of allylic oxidation sites excluding steroid dienone is 4. The average Bonchev–Trinajstić information content (AvgIpc) is 2.46. The molecule has 0 fully saturated rings. The maximum Gasteiger partial charge on any atom is 0.305 e. The Kier molecular flexibility index (Phi) is 14.2. The van der Waals surface area contributed by atoms with E-state index in [0.717, 1.165) is 51.4 Å². The van der Waals surface area contributed by atoms with Crippen LogP contribution in [0.25, 0.3) is 0 Å². The number of rotatable bonds is 15. The van der Waals surface area contributed by atoms with Crippen LogP contribution in [-0.4, -0.2) is 33.4 Å². The summed E-state index contributed by atoms with van der Waals surface area (Å²) in [7, 11) is 0. The number of hydrogen-bond donors (Lipinski definition) is 3. The van der Waals surface area contributed by atoms with E-state index in [9.17, 15) is 14.7 Å². The lowest BCUT2D eigenvalue weighted by molar-refractivity contribution is -0.139. The summed E-state index contributed by atoms with van der Waals surface area (Å²) in [4.78, 5) is 20.7. The van der Waals surface area contributed by atoms with E-state index < -0.39 is 18.0 Å². The van der Waals surface area contributed by atoms with Crippen molar-refractivity contribution in [3.05, 3.63) is 24.3 Å². The highest BCUT2D eigenvalue weighted by Gasteiger charge is 2.08. The standard InChI is InChI=1S/C18H30O5/c19-16(15-18(22)23)13-11-9-7-5-3-1-2-4-6-8-10-12-14-17(20)21/h1,3-4,6,16,19H,2,5,7-15H2,(H,20,21)(H,22,23)/b3-1-,6-4?. The van der Waals surface area contributed by atoms with Crippen molar-refractivity contribution in [3.63, 3.8) is 0 Å². The van der Waals surface area contributed by atoms with Crippen molar-refractivity contribution in [2.45, 2.75) is 76.7 Å². The molecule has 5 nitrogen and oxygen atoms in total. The highest BCUT2D eigenvalue weighted by molar-refractivity contribution is 5.67. The van der Waals surface area contributed by atoms with Crippen molar-refractivity contribution in [2.75, 3.05) is 0 Å². The summed E-state index contributed by atoms with van der Waals surface area (Å²) >= 11 is 0. The SMILES string of the molecule is O=C(O)CCCCC=CC/C=C\CCCCCC(O)CC(=O)O. The van der Waals surface area contributed by atoms with E-state index in [4.69, 9.17) is 10.2 Å². The molecule has 3 N–H and O–H groups in total. The lowest BCUT2D eigenvalue weighted by atomic mass is 10.1. The highest BCUT2D eigenvalue weighted by atomic mass is 16.4.